The molecule has 2 aromatic carbocycles. The minimum Gasteiger partial charge on any atom is -0.452 e. The number of nitrogens with zero attached hydrogens (tertiary/aromatic N) is 1. The molecular weight excluding hydrogens is 370 g/mol. The molecule has 3 rings (SSSR count). The van der Waals surface area contributed by atoms with Crippen molar-refractivity contribution < 1.29 is 14.3 Å². The van der Waals surface area contributed by atoms with Crippen molar-refractivity contribution in [3.63, 3.8) is 0 Å². The van der Waals surface area contributed by atoms with Crippen LogP contribution in [0.15, 0.2) is 53.0 Å². The Kier molecular flexibility index (Phi) is 5.00. The SMILES string of the molecule is CC1CCc2ccccc2N1C(=O)COC(=O)c1ccc(Br)cc1. The van der Waals surface area contributed by atoms with Crippen LogP contribution in [-0.4, -0.2) is 24.5 Å². The fraction of sp³-hybridized carbons (Fsp3) is 0.263. The molecule has 0 N–H and O–H groups in total. The summed E-state index contributed by atoms with van der Waals surface area (Å²) in [6.07, 6.45) is 1.86. The molecule has 0 fully saturated rings. The van der Waals surface area contributed by atoms with Gasteiger partial charge < -0.3 is 9.64 Å². The average molecular weight is 388 g/mol. The number of halogens is 1. The van der Waals surface area contributed by atoms with E-state index in [1.165, 1.54) is 0 Å². The lowest BCUT2D eigenvalue weighted by Crippen LogP contribution is -2.44. The predicted molar refractivity (Wildman–Crippen MR) is 96.1 cm³/mol. The summed E-state index contributed by atoms with van der Waals surface area (Å²) in [5.74, 6) is -0.686. The third-order valence-corrected chi connectivity index (χ3v) is 4.73. The Balaban J connectivity index is 1.69. The van der Waals surface area contributed by atoms with Gasteiger partial charge in [0.15, 0.2) is 6.61 Å². The first-order valence-electron chi connectivity index (χ1n) is 7.89. The van der Waals surface area contributed by atoms with E-state index in [0.29, 0.717) is 5.56 Å². The van der Waals surface area contributed by atoms with E-state index >= 15 is 0 Å². The maximum atomic E-state index is 12.6. The van der Waals surface area contributed by atoms with Crippen LogP contribution in [0.25, 0.3) is 0 Å². The number of amides is 1. The molecule has 0 saturated heterocycles. The Hall–Kier alpha value is -2.14. The summed E-state index contributed by atoms with van der Waals surface area (Å²) in [5, 5.41) is 0. The number of fused-ring (bicyclic) bond motifs is 1. The van der Waals surface area contributed by atoms with Gasteiger partial charge >= 0.3 is 5.97 Å². The molecule has 124 valence electrons. The van der Waals surface area contributed by atoms with Gasteiger partial charge in [-0.3, -0.25) is 4.79 Å². The molecule has 0 saturated carbocycles. The van der Waals surface area contributed by atoms with Crippen molar-refractivity contribution in [1.29, 1.82) is 0 Å². The molecule has 1 aliphatic rings. The summed E-state index contributed by atoms with van der Waals surface area (Å²) < 4.78 is 6.08. The Morgan fingerprint density at radius 1 is 1.17 bits per heavy atom. The fourth-order valence-electron chi connectivity index (χ4n) is 2.93. The van der Waals surface area contributed by atoms with Crippen molar-refractivity contribution in [2.24, 2.45) is 0 Å². The highest BCUT2D eigenvalue weighted by Crippen LogP contribution is 2.30. The van der Waals surface area contributed by atoms with Gasteiger partial charge in [-0.25, -0.2) is 4.79 Å². The second-order valence-electron chi connectivity index (χ2n) is 5.86. The number of benzene rings is 2. The largest absolute Gasteiger partial charge is 0.452 e. The minimum atomic E-state index is -0.492. The summed E-state index contributed by atoms with van der Waals surface area (Å²) in [7, 11) is 0. The molecule has 4 nitrogen and oxygen atoms in total. The molecule has 1 aliphatic heterocycles. The number of anilines is 1. The zero-order valence-corrected chi connectivity index (χ0v) is 15.0. The predicted octanol–water partition coefficient (Wildman–Crippen LogP) is 3.97. The van der Waals surface area contributed by atoms with Gasteiger partial charge in [-0.1, -0.05) is 34.1 Å². The summed E-state index contributed by atoms with van der Waals surface area (Å²) in [4.78, 5) is 26.4. The smallest absolute Gasteiger partial charge is 0.338 e. The third-order valence-electron chi connectivity index (χ3n) is 4.20. The lowest BCUT2D eigenvalue weighted by Gasteiger charge is -2.35. The minimum absolute atomic E-state index is 0.0961. The molecule has 1 heterocycles. The number of hydrogen-bond acceptors (Lipinski definition) is 3. The Labute approximate surface area is 149 Å². The van der Waals surface area contributed by atoms with Crippen molar-refractivity contribution in [2.45, 2.75) is 25.8 Å². The lowest BCUT2D eigenvalue weighted by atomic mass is 9.96. The van der Waals surface area contributed by atoms with Gasteiger partial charge in [-0.2, -0.15) is 0 Å². The van der Waals surface area contributed by atoms with Crippen LogP contribution in [0.5, 0.6) is 0 Å². The Bertz CT molecular complexity index is 757. The molecule has 5 heteroatoms. The van der Waals surface area contributed by atoms with Gasteiger partial charge in [0.1, 0.15) is 0 Å². The van der Waals surface area contributed by atoms with Crippen LogP contribution in [0.4, 0.5) is 5.69 Å². The number of carbonyl (C=O) groups excluding carboxylic acids is 2. The summed E-state index contributed by atoms with van der Waals surface area (Å²) in [6, 6.07) is 14.8. The van der Waals surface area contributed by atoms with Crippen LogP contribution < -0.4 is 4.90 Å². The van der Waals surface area contributed by atoms with E-state index in [1.54, 1.807) is 29.2 Å². The van der Waals surface area contributed by atoms with Crippen molar-refractivity contribution in [1.82, 2.24) is 0 Å². The van der Waals surface area contributed by atoms with E-state index in [9.17, 15) is 9.59 Å². The van der Waals surface area contributed by atoms with E-state index in [0.717, 1.165) is 28.6 Å². The van der Waals surface area contributed by atoms with E-state index in [4.69, 9.17) is 4.74 Å². The van der Waals surface area contributed by atoms with E-state index in [2.05, 4.69) is 15.9 Å². The number of esters is 1. The molecule has 0 aromatic heterocycles. The van der Waals surface area contributed by atoms with Crippen LogP contribution in [0, 0.1) is 0 Å². The number of ether oxygens (including phenoxy) is 1. The molecule has 1 unspecified atom stereocenters. The highest BCUT2D eigenvalue weighted by atomic mass is 79.9. The summed E-state index contributed by atoms with van der Waals surface area (Å²) in [6.45, 7) is 1.76. The highest BCUT2D eigenvalue weighted by molar-refractivity contribution is 9.10. The van der Waals surface area contributed by atoms with E-state index in [1.807, 2.05) is 31.2 Å². The van der Waals surface area contributed by atoms with Crippen LogP contribution in [0.1, 0.15) is 29.3 Å². The molecule has 0 radical (unpaired) electrons. The summed E-state index contributed by atoms with van der Waals surface area (Å²) in [5.41, 5.74) is 2.50. The number of carbonyl (C=O) groups is 2. The first-order valence-corrected chi connectivity index (χ1v) is 8.68. The van der Waals surface area contributed by atoms with Crippen molar-refractivity contribution in [3.8, 4) is 0 Å². The first-order chi connectivity index (χ1) is 11.6. The maximum absolute atomic E-state index is 12.6. The zero-order valence-electron chi connectivity index (χ0n) is 13.4. The normalized spacial score (nSPS) is 16.4. The van der Waals surface area contributed by atoms with Crippen LogP contribution in [0.2, 0.25) is 0 Å². The second-order valence-corrected chi connectivity index (χ2v) is 6.78. The Morgan fingerprint density at radius 3 is 2.62 bits per heavy atom. The topological polar surface area (TPSA) is 46.6 Å². The van der Waals surface area contributed by atoms with Crippen molar-refractivity contribution in [2.75, 3.05) is 11.5 Å². The molecule has 0 aliphatic carbocycles. The number of hydrogen-bond donors (Lipinski definition) is 0. The van der Waals surface area contributed by atoms with Gasteiger partial charge in [-0.15, -0.1) is 0 Å². The quantitative estimate of drug-likeness (QED) is 0.748. The third kappa shape index (κ3) is 3.51. The standard InChI is InChI=1S/C19H18BrNO3/c1-13-6-7-14-4-2-3-5-17(14)21(13)18(22)12-24-19(23)15-8-10-16(20)11-9-15/h2-5,8-11,13H,6-7,12H2,1H3. The van der Waals surface area contributed by atoms with Crippen LogP contribution in [0.3, 0.4) is 0 Å². The average Bonchev–Trinajstić information content (AvgIpc) is 2.60. The molecule has 2 aromatic rings. The first kappa shape index (κ1) is 16.7. The van der Waals surface area contributed by atoms with Crippen molar-refractivity contribution >= 4 is 33.5 Å². The van der Waals surface area contributed by atoms with Gasteiger partial charge in [-0.05, 0) is 55.7 Å². The lowest BCUT2D eigenvalue weighted by molar-refractivity contribution is -0.122. The molecule has 1 amide bonds. The highest BCUT2D eigenvalue weighted by Gasteiger charge is 2.28. The van der Waals surface area contributed by atoms with E-state index in [-0.39, 0.29) is 18.6 Å². The second kappa shape index (κ2) is 7.18. The van der Waals surface area contributed by atoms with Crippen LogP contribution >= 0.6 is 15.9 Å². The molecule has 0 bridgehead atoms. The maximum Gasteiger partial charge on any atom is 0.338 e. The van der Waals surface area contributed by atoms with E-state index < -0.39 is 5.97 Å². The zero-order chi connectivity index (χ0) is 17.1. The van der Waals surface area contributed by atoms with Crippen LogP contribution in [-0.2, 0) is 16.0 Å². The fourth-order valence-corrected chi connectivity index (χ4v) is 3.20. The number of aryl methyl sites for hydroxylation is 1. The number of para-hydroxylation sites is 1. The number of rotatable bonds is 3. The van der Waals surface area contributed by atoms with Gasteiger partial charge in [0.25, 0.3) is 5.91 Å². The molecule has 0 spiro atoms. The monoisotopic (exact) mass is 387 g/mol. The molecule has 24 heavy (non-hydrogen) atoms. The van der Waals surface area contributed by atoms with Gasteiger partial charge in [0.2, 0.25) is 0 Å². The van der Waals surface area contributed by atoms with Gasteiger partial charge in [0, 0.05) is 16.2 Å². The van der Waals surface area contributed by atoms with Crippen molar-refractivity contribution in [3.05, 3.63) is 64.1 Å². The van der Waals surface area contributed by atoms with Gasteiger partial charge in [0.05, 0.1) is 5.56 Å². The Morgan fingerprint density at radius 2 is 1.88 bits per heavy atom. The molecule has 1 atom stereocenters. The molecular formula is C19H18BrNO3. The summed E-state index contributed by atoms with van der Waals surface area (Å²) >= 11 is 3.32.